The second-order valence-electron chi connectivity index (χ2n) is 5.07. The number of carboxylic acids is 1. The first-order valence-electron chi connectivity index (χ1n) is 5.25. The minimum Gasteiger partial charge on any atom is -0.476 e. The van der Waals surface area contributed by atoms with Gasteiger partial charge in [0.2, 0.25) is 0 Å². The number of nitrogens with zero attached hydrogens (tertiary/aromatic N) is 2. The van der Waals surface area contributed by atoms with Crippen molar-refractivity contribution in [3.63, 3.8) is 0 Å². The van der Waals surface area contributed by atoms with Crippen LogP contribution in [0.25, 0.3) is 0 Å². The highest BCUT2D eigenvalue weighted by molar-refractivity contribution is 5.84. The van der Waals surface area contributed by atoms with E-state index in [1.807, 2.05) is 4.57 Å². The van der Waals surface area contributed by atoms with Crippen molar-refractivity contribution >= 4 is 5.97 Å². The number of imidazole rings is 1. The van der Waals surface area contributed by atoms with Crippen LogP contribution in [0.15, 0.2) is 12.5 Å². The molecule has 1 aromatic rings. The summed E-state index contributed by atoms with van der Waals surface area (Å²) in [4.78, 5) is 14.6. The minimum atomic E-state index is -0.953. The number of carboxylic acid groups (broad SMARTS) is 1. The average molecular weight is 208 g/mol. The van der Waals surface area contributed by atoms with Crippen molar-refractivity contribution in [2.24, 2.45) is 5.41 Å². The zero-order chi connectivity index (χ0) is 11.1. The average Bonchev–Trinajstić information content (AvgIpc) is 2.70. The zero-order valence-corrected chi connectivity index (χ0v) is 9.10. The summed E-state index contributed by atoms with van der Waals surface area (Å²) >= 11 is 0. The molecule has 1 unspecified atom stereocenters. The van der Waals surface area contributed by atoms with Gasteiger partial charge in [0, 0.05) is 12.2 Å². The maximum atomic E-state index is 10.7. The number of hydrogen-bond donors (Lipinski definition) is 1. The Labute approximate surface area is 88.9 Å². The molecule has 0 spiro atoms. The Morgan fingerprint density at radius 2 is 2.40 bits per heavy atom. The van der Waals surface area contributed by atoms with Crippen molar-refractivity contribution in [2.75, 3.05) is 0 Å². The molecule has 1 N–H and O–H groups in total. The molecule has 4 heteroatoms. The van der Waals surface area contributed by atoms with Gasteiger partial charge in [-0.3, -0.25) is 0 Å². The first-order valence-corrected chi connectivity index (χ1v) is 5.25. The lowest BCUT2D eigenvalue weighted by molar-refractivity contribution is 0.0691. The van der Waals surface area contributed by atoms with Gasteiger partial charge in [-0.2, -0.15) is 0 Å². The lowest BCUT2D eigenvalue weighted by Gasteiger charge is -2.17. The molecule has 0 amide bonds. The summed E-state index contributed by atoms with van der Waals surface area (Å²) in [6.07, 6.45) is 6.67. The normalized spacial score (nSPS) is 24.3. The van der Waals surface area contributed by atoms with Gasteiger partial charge < -0.3 is 9.67 Å². The largest absolute Gasteiger partial charge is 0.476 e. The molecule has 0 saturated heterocycles. The summed E-state index contributed by atoms with van der Waals surface area (Å²) in [5.74, 6) is -0.953. The van der Waals surface area contributed by atoms with Crippen molar-refractivity contribution in [3.8, 4) is 0 Å². The van der Waals surface area contributed by atoms with Crippen molar-refractivity contribution in [1.82, 2.24) is 9.55 Å². The Hall–Kier alpha value is -1.32. The molecule has 0 bridgehead atoms. The Balaban J connectivity index is 2.14. The summed E-state index contributed by atoms with van der Waals surface area (Å²) < 4.78 is 1.94. The third-order valence-corrected chi connectivity index (χ3v) is 3.18. The molecule has 4 nitrogen and oxygen atoms in total. The van der Waals surface area contributed by atoms with Crippen LogP contribution >= 0.6 is 0 Å². The van der Waals surface area contributed by atoms with Gasteiger partial charge in [-0.1, -0.05) is 13.8 Å². The molecule has 1 aliphatic rings. The molecule has 15 heavy (non-hydrogen) atoms. The Bertz CT molecular complexity index is 382. The van der Waals surface area contributed by atoms with Crippen molar-refractivity contribution in [3.05, 3.63) is 18.2 Å². The zero-order valence-electron chi connectivity index (χ0n) is 9.10. The third-order valence-electron chi connectivity index (χ3n) is 3.18. The molecule has 1 fully saturated rings. The predicted molar refractivity (Wildman–Crippen MR) is 55.9 cm³/mol. The molecule has 1 saturated carbocycles. The fourth-order valence-electron chi connectivity index (χ4n) is 2.30. The maximum absolute atomic E-state index is 10.7. The predicted octanol–water partition coefficient (Wildman–Crippen LogP) is 2.33. The van der Waals surface area contributed by atoms with Gasteiger partial charge >= 0.3 is 5.97 Å². The van der Waals surface area contributed by atoms with Gasteiger partial charge in [-0.05, 0) is 24.7 Å². The summed E-state index contributed by atoms with van der Waals surface area (Å²) in [5, 5.41) is 8.77. The number of carbonyl (C=O) groups is 1. The summed E-state index contributed by atoms with van der Waals surface area (Å²) in [6.45, 7) is 4.50. The fraction of sp³-hybridized carbons (Fsp3) is 0.636. The van der Waals surface area contributed by atoms with Crippen LogP contribution in [0.2, 0.25) is 0 Å². The molecule has 1 heterocycles. The first kappa shape index (κ1) is 10.2. The van der Waals surface area contributed by atoms with E-state index in [0.29, 0.717) is 11.5 Å². The van der Waals surface area contributed by atoms with Crippen LogP contribution in [0.5, 0.6) is 0 Å². The molecule has 82 valence electrons. The SMILES string of the molecule is CC1(C)CCC(n2cnc(C(=O)O)c2)C1. The quantitative estimate of drug-likeness (QED) is 0.811. The Morgan fingerprint density at radius 1 is 1.67 bits per heavy atom. The second-order valence-corrected chi connectivity index (χ2v) is 5.07. The van der Waals surface area contributed by atoms with E-state index in [1.165, 1.54) is 6.42 Å². The number of aromatic carboxylic acids is 1. The van der Waals surface area contributed by atoms with E-state index in [2.05, 4.69) is 18.8 Å². The van der Waals surface area contributed by atoms with Gasteiger partial charge in [-0.25, -0.2) is 9.78 Å². The first-order chi connectivity index (χ1) is 6.98. The highest BCUT2D eigenvalue weighted by Gasteiger charge is 2.31. The molecule has 1 aromatic heterocycles. The van der Waals surface area contributed by atoms with Gasteiger partial charge in [-0.15, -0.1) is 0 Å². The summed E-state index contributed by atoms with van der Waals surface area (Å²) in [7, 11) is 0. The molecule has 0 aliphatic heterocycles. The molecule has 0 aromatic carbocycles. The van der Waals surface area contributed by atoms with E-state index < -0.39 is 5.97 Å². The summed E-state index contributed by atoms with van der Waals surface area (Å²) in [5.41, 5.74) is 0.512. The molecule has 0 radical (unpaired) electrons. The monoisotopic (exact) mass is 208 g/mol. The Kier molecular flexibility index (Phi) is 2.29. The second kappa shape index (κ2) is 3.36. The fourth-order valence-corrected chi connectivity index (χ4v) is 2.30. The van der Waals surface area contributed by atoms with Gasteiger partial charge in [0.15, 0.2) is 5.69 Å². The standard InChI is InChI=1S/C11H16N2O2/c1-11(2)4-3-8(5-11)13-6-9(10(14)15)12-7-13/h6-8H,3-5H2,1-2H3,(H,14,15). The van der Waals surface area contributed by atoms with Crippen LogP contribution < -0.4 is 0 Å². The molecular formula is C11H16N2O2. The van der Waals surface area contributed by atoms with Crippen LogP contribution in [0, 0.1) is 5.41 Å². The van der Waals surface area contributed by atoms with Crippen LogP contribution in [0.1, 0.15) is 49.6 Å². The topological polar surface area (TPSA) is 55.1 Å². The van der Waals surface area contributed by atoms with Crippen molar-refractivity contribution < 1.29 is 9.90 Å². The van der Waals surface area contributed by atoms with Gasteiger partial charge in [0.1, 0.15) is 0 Å². The molecule has 1 aliphatic carbocycles. The molecule has 2 rings (SSSR count). The van der Waals surface area contributed by atoms with Crippen LogP contribution in [-0.2, 0) is 0 Å². The molecule has 1 atom stereocenters. The van der Waals surface area contributed by atoms with Gasteiger partial charge in [0.05, 0.1) is 6.33 Å². The van der Waals surface area contributed by atoms with Crippen LogP contribution in [-0.4, -0.2) is 20.6 Å². The van der Waals surface area contributed by atoms with Crippen LogP contribution in [0.4, 0.5) is 0 Å². The Morgan fingerprint density at radius 3 is 2.87 bits per heavy atom. The lowest BCUT2D eigenvalue weighted by atomic mass is 9.92. The number of rotatable bonds is 2. The highest BCUT2D eigenvalue weighted by atomic mass is 16.4. The van der Waals surface area contributed by atoms with E-state index >= 15 is 0 Å². The van der Waals surface area contributed by atoms with Crippen molar-refractivity contribution in [1.29, 1.82) is 0 Å². The number of aromatic nitrogens is 2. The maximum Gasteiger partial charge on any atom is 0.356 e. The van der Waals surface area contributed by atoms with E-state index in [4.69, 9.17) is 5.11 Å². The molecular weight excluding hydrogens is 192 g/mol. The van der Waals surface area contributed by atoms with E-state index in [9.17, 15) is 4.79 Å². The third kappa shape index (κ3) is 2.03. The van der Waals surface area contributed by atoms with Gasteiger partial charge in [0.25, 0.3) is 0 Å². The van der Waals surface area contributed by atoms with E-state index in [1.54, 1.807) is 12.5 Å². The smallest absolute Gasteiger partial charge is 0.356 e. The van der Waals surface area contributed by atoms with Crippen LogP contribution in [0.3, 0.4) is 0 Å². The van der Waals surface area contributed by atoms with E-state index in [-0.39, 0.29) is 5.69 Å². The van der Waals surface area contributed by atoms with E-state index in [0.717, 1.165) is 12.8 Å². The number of hydrogen-bond acceptors (Lipinski definition) is 2. The lowest BCUT2D eigenvalue weighted by Crippen LogP contribution is -2.08. The highest BCUT2D eigenvalue weighted by Crippen LogP contribution is 2.43. The minimum absolute atomic E-state index is 0.139. The summed E-state index contributed by atoms with van der Waals surface area (Å²) in [6, 6.07) is 0.417. The van der Waals surface area contributed by atoms with Crippen molar-refractivity contribution in [2.45, 2.75) is 39.2 Å².